The van der Waals surface area contributed by atoms with Gasteiger partial charge in [-0.1, -0.05) is 100 Å². The number of nitrogens with one attached hydrogen (secondary N) is 1. The van der Waals surface area contributed by atoms with Crippen molar-refractivity contribution in [3.63, 3.8) is 0 Å². The van der Waals surface area contributed by atoms with Crippen LogP contribution in [0.15, 0.2) is 11.6 Å². The van der Waals surface area contributed by atoms with Crippen LogP contribution in [-0.4, -0.2) is 112 Å². The third-order valence-corrected chi connectivity index (χ3v) is 13.9. The number of carbonyl (C=O) groups is 2. The van der Waals surface area contributed by atoms with E-state index in [2.05, 4.69) is 156 Å². The molecule has 7 heteroatoms. The molecule has 64 heavy (non-hydrogen) atoms. The van der Waals surface area contributed by atoms with Crippen molar-refractivity contribution in [3.8, 4) is 0 Å². The van der Waals surface area contributed by atoms with Crippen molar-refractivity contribution >= 4 is 11.7 Å². The van der Waals surface area contributed by atoms with Crippen molar-refractivity contribution in [2.24, 2.45) is 16.7 Å². The first-order valence-corrected chi connectivity index (χ1v) is 25.9. The molecule has 1 saturated carbocycles. The summed E-state index contributed by atoms with van der Waals surface area (Å²) in [5.41, 5.74) is 3.76. The van der Waals surface area contributed by atoms with E-state index in [1.54, 1.807) is 5.57 Å². The molecule has 0 aromatic rings. The molecule has 0 aromatic heterocycles. The minimum absolute atomic E-state index is 0. The Morgan fingerprint density at radius 3 is 1.12 bits per heavy atom. The summed E-state index contributed by atoms with van der Waals surface area (Å²) in [6.45, 7) is 50.0. The lowest BCUT2D eigenvalue weighted by molar-refractivity contribution is -0.126. The molecule has 382 valence electrons. The molecular formula is C57H117N5O2. The molecule has 0 bridgehead atoms. The number of Topliss-reactive ketones (excluding diaryl/α,β-unsaturated/α-hetero) is 1. The minimum Gasteiger partial charge on any atom is -0.354 e. The smallest absolute Gasteiger partial charge is 0.234 e. The lowest BCUT2D eigenvalue weighted by Crippen LogP contribution is -2.54. The topological polar surface area (TPSA) is 59.1 Å². The van der Waals surface area contributed by atoms with Gasteiger partial charge in [0.25, 0.3) is 0 Å². The number of amides is 1. The Kier molecular flexibility index (Phi) is 30.6. The molecular weight excluding hydrogens is 787 g/mol. The van der Waals surface area contributed by atoms with Crippen LogP contribution in [0.3, 0.4) is 0 Å². The average Bonchev–Trinajstić information content (AvgIpc) is 3.19. The molecule has 6 aliphatic rings. The van der Waals surface area contributed by atoms with E-state index in [0.29, 0.717) is 40.8 Å². The van der Waals surface area contributed by atoms with Gasteiger partial charge in [0.1, 0.15) is 5.78 Å². The van der Waals surface area contributed by atoms with Gasteiger partial charge in [0, 0.05) is 41.7 Å². The maximum atomic E-state index is 11.1. The number of likely N-dealkylation sites (tertiary alicyclic amines) is 3. The predicted molar refractivity (Wildman–Crippen MR) is 286 cm³/mol. The number of allylic oxidation sites excluding steroid dienone is 2. The molecule has 0 unspecified atom stereocenters. The highest BCUT2D eigenvalue weighted by molar-refractivity contribution is 5.81. The summed E-state index contributed by atoms with van der Waals surface area (Å²) in [5.74, 6) is 1.54. The predicted octanol–water partition coefficient (Wildman–Crippen LogP) is 14.6. The Bertz CT molecular complexity index is 1140. The van der Waals surface area contributed by atoms with E-state index >= 15 is 0 Å². The summed E-state index contributed by atoms with van der Waals surface area (Å²) in [5, 5.41) is 2.80. The summed E-state index contributed by atoms with van der Waals surface area (Å²) < 4.78 is 0. The van der Waals surface area contributed by atoms with Crippen molar-refractivity contribution in [1.29, 1.82) is 0 Å². The van der Waals surface area contributed by atoms with Crippen molar-refractivity contribution < 1.29 is 9.59 Å². The summed E-state index contributed by atoms with van der Waals surface area (Å²) >= 11 is 0. The quantitative estimate of drug-likeness (QED) is 0.244. The molecule has 7 nitrogen and oxygen atoms in total. The molecule has 0 radical (unpaired) electrons. The highest BCUT2D eigenvalue weighted by atomic mass is 16.2. The number of piperazine rings is 1. The number of hydrogen-bond acceptors (Lipinski definition) is 6. The number of piperidine rings is 3. The van der Waals surface area contributed by atoms with E-state index in [1.165, 1.54) is 122 Å². The lowest BCUT2D eigenvalue weighted by Gasteiger charge is -2.38. The van der Waals surface area contributed by atoms with Crippen LogP contribution in [0, 0.1) is 16.7 Å². The van der Waals surface area contributed by atoms with Gasteiger partial charge in [-0.15, -0.1) is 0 Å². The SMILES string of the molecule is C.C.CC(C)(C)C1=CCCCC1.CC(C)(C)C1CCCCC1.CC(C)(C)N1CCCC(=O)C1.CC(C)(C)N1CCCCC1.CC(C)(C)N1CCCCC1.CC(C)(C)N1CCNC(=O)C1. The second-order valence-electron chi connectivity index (χ2n) is 25.5. The Morgan fingerprint density at radius 1 is 0.453 bits per heavy atom. The monoisotopic (exact) mass is 904 g/mol. The van der Waals surface area contributed by atoms with Crippen molar-refractivity contribution in [1.82, 2.24) is 24.9 Å². The molecule has 0 atom stereocenters. The number of carbonyl (C=O) groups excluding carboxylic acids is 2. The summed E-state index contributed by atoms with van der Waals surface area (Å²) in [4.78, 5) is 31.6. The second kappa shape index (κ2) is 30.3. The Morgan fingerprint density at radius 2 is 0.859 bits per heavy atom. The fourth-order valence-electron chi connectivity index (χ4n) is 9.24. The van der Waals surface area contributed by atoms with Gasteiger partial charge in [-0.05, 0) is 203 Å². The summed E-state index contributed by atoms with van der Waals surface area (Å²) in [7, 11) is 0. The highest BCUT2D eigenvalue weighted by Gasteiger charge is 2.28. The fraction of sp³-hybridized carbons (Fsp3) is 0.930. The van der Waals surface area contributed by atoms with Crippen LogP contribution in [-0.2, 0) is 9.59 Å². The molecule has 6 rings (SSSR count). The van der Waals surface area contributed by atoms with Gasteiger partial charge >= 0.3 is 0 Å². The zero-order valence-corrected chi connectivity index (χ0v) is 45.1. The van der Waals surface area contributed by atoms with E-state index in [4.69, 9.17) is 0 Å². The first-order valence-electron chi connectivity index (χ1n) is 25.9. The first-order chi connectivity index (χ1) is 28.4. The Hall–Kier alpha value is -1.28. The van der Waals surface area contributed by atoms with E-state index in [-0.39, 0.29) is 31.8 Å². The van der Waals surface area contributed by atoms with E-state index in [9.17, 15) is 9.59 Å². The van der Waals surface area contributed by atoms with Gasteiger partial charge in [0.15, 0.2) is 0 Å². The van der Waals surface area contributed by atoms with Gasteiger partial charge in [0.05, 0.1) is 13.1 Å². The van der Waals surface area contributed by atoms with E-state index < -0.39 is 0 Å². The molecule has 1 amide bonds. The van der Waals surface area contributed by atoms with Crippen LogP contribution >= 0.6 is 0 Å². The molecule has 0 aromatic carbocycles. The molecule has 4 aliphatic heterocycles. The zero-order chi connectivity index (χ0) is 47.4. The van der Waals surface area contributed by atoms with Crippen LogP contribution in [0.4, 0.5) is 0 Å². The number of rotatable bonds is 0. The van der Waals surface area contributed by atoms with Crippen LogP contribution in [0.5, 0.6) is 0 Å². The third kappa shape index (κ3) is 28.8. The molecule has 4 saturated heterocycles. The second-order valence-corrected chi connectivity index (χ2v) is 25.5. The maximum absolute atomic E-state index is 11.1. The lowest BCUT2D eigenvalue weighted by atomic mass is 9.72. The summed E-state index contributed by atoms with van der Waals surface area (Å²) in [6.07, 6.45) is 25.6. The average molecular weight is 905 g/mol. The largest absolute Gasteiger partial charge is 0.354 e. The van der Waals surface area contributed by atoms with Crippen molar-refractivity contribution in [2.75, 3.05) is 58.9 Å². The summed E-state index contributed by atoms with van der Waals surface area (Å²) in [6, 6.07) is 0. The van der Waals surface area contributed by atoms with Crippen LogP contribution in [0.2, 0.25) is 0 Å². The van der Waals surface area contributed by atoms with E-state index in [0.717, 1.165) is 38.4 Å². The molecule has 4 heterocycles. The van der Waals surface area contributed by atoms with Crippen molar-refractivity contribution in [2.45, 2.75) is 271 Å². The fourth-order valence-corrected chi connectivity index (χ4v) is 9.24. The molecule has 2 aliphatic carbocycles. The minimum atomic E-state index is 0. The van der Waals surface area contributed by atoms with Gasteiger partial charge < -0.3 is 5.32 Å². The van der Waals surface area contributed by atoms with Crippen molar-refractivity contribution in [3.05, 3.63) is 11.6 Å². The van der Waals surface area contributed by atoms with E-state index in [1.807, 2.05) is 0 Å². The first kappa shape index (κ1) is 64.8. The Balaban J connectivity index is 0. The zero-order valence-electron chi connectivity index (χ0n) is 45.1. The number of hydrogen-bond donors (Lipinski definition) is 1. The van der Waals surface area contributed by atoms with Gasteiger partial charge in [-0.25, -0.2) is 0 Å². The molecule has 1 N–H and O–H groups in total. The van der Waals surface area contributed by atoms with Gasteiger partial charge in [0.2, 0.25) is 5.91 Å². The number of nitrogens with zero attached hydrogens (tertiary/aromatic N) is 4. The van der Waals surface area contributed by atoms with Crippen LogP contribution in [0.25, 0.3) is 0 Å². The van der Waals surface area contributed by atoms with Gasteiger partial charge in [-0.3, -0.25) is 29.2 Å². The van der Waals surface area contributed by atoms with Crippen LogP contribution < -0.4 is 5.32 Å². The highest BCUT2D eigenvalue weighted by Crippen LogP contribution is 2.37. The third-order valence-electron chi connectivity index (χ3n) is 13.9. The molecule has 0 spiro atoms. The van der Waals surface area contributed by atoms with Crippen LogP contribution in [0.1, 0.15) is 249 Å². The normalized spacial score (nSPS) is 21.6. The van der Waals surface area contributed by atoms with Gasteiger partial charge in [-0.2, -0.15) is 0 Å². The standard InChI is InChI=1S/C10H20.C10H18.C9H17NO.2C9H19N.C8H16N2O.2CH4/c2*1-10(2,3)9-7-5-4-6-8-9;1-9(2,3)10-6-4-5-8(11)7-10;2*1-9(2,3)10-7-5-4-6-8-10;1-8(2,3)10-5-4-9-7(11)6-10;;/h9H,4-8H2,1-3H3;7H,4-6,8H2,1-3H3;4-7H2,1-3H3;2*4-8H2,1-3H3;4-6H2,1-3H3,(H,9,11);2*1H4. The Labute approximate surface area is 402 Å². The maximum Gasteiger partial charge on any atom is 0.234 e. The molecule has 5 fully saturated rings. The number of ketones is 1.